The lowest BCUT2D eigenvalue weighted by molar-refractivity contribution is 0.454. The first kappa shape index (κ1) is 13.1. The predicted molar refractivity (Wildman–Crippen MR) is 71.7 cm³/mol. The van der Waals surface area contributed by atoms with Gasteiger partial charge in [-0.2, -0.15) is 0 Å². The Bertz CT molecular complexity index is 495. The van der Waals surface area contributed by atoms with Crippen LogP contribution in [0.3, 0.4) is 0 Å². The molecule has 0 aliphatic heterocycles. The maximum absolute atomic E-state index is 5.30. The predicted octanol–water partition coefficient (Wildman–Crippen LogP) is 3.20. The Morgan fingerprint density at radius 3 is 2.83 bits per heavy atom. The van der Waals surface area contributed by atoms with E-state index in [1.54, 1.807) is 6.26 Å². The number of nitrogens with one attached hydrogen (secondary N) is 1. The molecule has 0 fully saturated rings. The molecule has 1 atom stereocenters. The van der Waals surface area contributed by atoms with Crippen LogP contribution < -0.4 is 5.32 Å². The summed E-state index contributed by atoms with van der Waals surface area (Å²) in [6, 6.07) is 4.35. The molecule has 0 aliphatic carbocycles. The van der Waals surface area contributed by atoms with E-state index >= 15 is 0 Å². The van der Waals surface area contributed by atoms with Crippen molar-refractivity contribution in [2.75, 3.05) is 6.54 Å². The van der Waals surface area contributed by atoms with Gasteiger partial charge in [-0.05, 0) is 44.3 Å². The molecule has 0 saturated heterocycles. The number of oxazole rings is 1. The molecule has 0 amide bonds. The van der Waals surface area contributed by atoms with Gasteiger partial charge < -0.3 is 9.73 Å². The highest BCUT2D eigenvalue weighted by Crippen LogP contribution is 2.26. The number of hydrogen-bond donors (Lipinski definition) is 1. The summed E-state index contributed by atoms with van der Waals surface area (Å²) in [4.78, 5) is 9.73. The van der Waals surface area contributed by atoms with E-state index in [1.807, 2.05) is 25.3 Å². The molecule has 2 aromatic rings. The molecule has 18 heavy (non-hydrogen) atoms. The summed E-state index contributed by atoms with van der Waals surface area (Å²) in [5.74, 6) is 0. The summed E-state index contributed by atoms with van der Waals surface area (Å²) in [5, 5.41) is 3.99. The van der Waals surface area contributed by atoms with Gasteiger partial charge in [0.25, 0.3) is 5.22 Å². The second-order valence-corrected chi connectivity index (χ2v) is 5.08. The number of hydrogen-bond acceptors (Lipinski definition) is 5. The van der Waals surface area contributed by atoms with E-state index in [0.717, 1.165) is 22.8 Å². The third-order valence-corrected chi connectivity index (χ3v) is 3.36. The van der Waals surface area contributed by atoms with Gasteiger partial charge in [-0.1, -0.05) is 6.92 Å². The van der Waals surface area contributed by atoms with Crippen molar-refractivity contribution in [1.29, 1.82) is 0 Å². The average molecular weight is 263 g/mol. The molecule has 0 saturated carbocycles. The highest BCUT2D eigenvalue weighted by molar-refractivity contribution is 7.99. The molecular weight excluding hydrogens is 246 g/mol. The summed E-state index contributed by atoms with van der Waals surface area (Å²) >= 11 is 1.48. The summed E-state index contributed by atoms with van der Waals surface area (Å²) in [6.07, 6.45) is 3.50. The second kappa shape index (κ2) is 6.02. The maximum Gasteiger partial charge on any atom is 0.260 e. The van der Waals surface area contributed by atoms with Gasteiger partial charge in [0.2, 0.25) is 0 Å². The number of rotatable bonds is 5. The fourth-order valence-corrected chi connectivity index (χ4v) is 2.33. The highest BCUT2D eigenvalue weighted by Gasteiger charge is 2.07. The molecule has 2 rings (SSSR count). The molecule has 2 aromatic heterocycles. The van der Waals surface area contributed by atoms with Gasteiger partial charge in [0.1, 0.15) is 6.26 Å². The zero-order valence-electron chi connectivity index (χ0n) is 10.8. The van der Waals surface area contributed by atoms with Gasteiger partial charge in [0.05, 0.1) is 11.4 Å². The smallest absolute Gasteiger partial charge is 0.260 e. The van der Waals surface area contributed by atoms with Crippen molar-refractivity contribution in [3.63, 3.8) is 0 Å². The third-order valence-electron chi connectivity index (χ3n) is 2.52. The van der Waals surface area contributed by atoms with Crippen LogP contribution in [-0.2, 0) is 0 Å². The summed E-state index contributed by atoms with van der Waals surface area (Å²) in [6.45, 7) is 7.05. The lowest BCUT2D eigenvalue weighted by Crippen LogP contribution is -2.18. The van der Waals surface area contributed by atoms with Crippen molar-refractivity contribution in [1.82, 2.24) is 15.3 Å². The van der Waals surface area contributed by atoms with Crippen molar-refractivity contribution in [3.8, 4) is 0 Å². The van der Waals surface area contributed by atoms with Crippen LogP contribution in [0.25, 0.3) is 0 Å². The van der Waals surface area contributed by atoms with Crippen LogP contribution in [0, 0.1) is 6.92 Å². The minimum atomic E-state index is 0.276. The summed E-state index contributed by atoms with van der Waals surface area (Å²) < 4.78 is 5.30. The molecule has 0 spiro atoms. The van der Waals surface area contributed by atoms with E-state index in [4.69, 9.17) is 4.42 Å². The number of aromatic nitrogens is 2. The zero-order chi connectivity index (χ0) is 13.0. The van der Waals surface area contributed by atoms with Crippen LogP contribution in [0.4, 0.5) is 0 Å². The fraction of sp³-hybridized carbons (Fsp3) is 0.385. The Kier molecular flexibility index (Phi) is 4.38. The van der Waals surface area contributed by atoms with E-state index in [9.17, 15) is 0 Å². The summed E-state index contributed by atoms with van der Waals surface area (Å²) in [7, 11) is 0. The largest absolute Gasteiger partial charge is 0.439 e. The zero-order valence-corrected chi connectivity index (χ0v) is 11.6. The number of aryl methyl sites for hydroxylation is 1. The lowest BCUT2D eigenvalue weighted by Gasteiger charge is -2.11. The van der Waals surface area contributed by atoms with Crippen LogP contribution in [-0.4, -0.2) is 16.5 Å². The lowest BCUT2D eigenvalue weighted by atomic mass is 10.2. The molecular formula is C13H17N3OS. The fourth-order valence-electron chi connectivity index (χ4n) is 1.60. The molecule has 0 radical (unpaired) electrons. The molecule has 0 bridgehead atoms. The first-order valence-corrected chi connectivity index (χ1v) is 6.80. The summed E-state index contributed by atoms with van der Waals surface area (Å²) in [5.41, 5.74) is 1.94. The maximum atomic E-state index is 5.30. The van der Waals surface area contributed by atoms with E-state index in [0.29, 0.717) is 5.22 Å². The Labute approximate surface area is 111 Å². The molecule has 0 aliphatic rings. The molecule has 4 nitrogen and oxygen atoms in total. The van der Waals surface area contributed by atoms with Crippen LogP contribution in [0.15, 0.2) is 39.1 Å². The van der Waals surface area contributed by atoms with Gasteiger partial charge in [0.15, 0.2) is 0 Å². The molecule has 5 heteroatoms. The van der Waals surface area contributed by atoms with Crippen molar-refractivity contribution >= 4 is 11.8 Å². The van der Waals surface area contributed by atoms with Crippen LogP contribution in [0.1, 0.15) is 31.3 Å². The van der Waals surface area contributed by atoms with E-state index in [-0.39, 0.29) is 6.04 Å². The van der Waals surface area contributed by atoms with Crippen LogP contribution in [0.2, 0.25) is 0 Å². The van der Waals surface area contributed by atoms with Crippen molar-refractivity contribution in [2.45, 2.75) is 36.9 Å². The Morgan fingerprint density at radius 2 is 2.28 bits per heavy atom. The number of nitrogens with zero attached hydrogens (tertiary/aromatic N) is 2. The Balaban J connectivity index is 2.03. The normalized spacial score (nSPS) is 12.6. The topological polar surface area (TPSA) is 51.0 Å². The van der Waals surface area contributed by atoms with Crippen molar-refractivity contribution in [3.05, 3.63) is 36.0 Å². The number of pyridine rings is 1. The van der Waals surface area contributed by atoms with Gasteiger partial charge in [-0.25, -0.2) is 4.98 Å². The molecule has 2 heterocycles. The molecule has 96 valence electrons. The SMILES string of the molecule is CCNC(C)c1ccc(Sc2nc(C)co2)cn1. The van der Waals surface area contributed by atoms with Gasteiger partial charge in [-0.3, -0.25) is 4.98 Å². The highest BCUT2D eigenvalue weighted by atomic mass is 32.2. The minimum absolute atomic E-state index is 0.276. The van der Waals surface area contributed by atoms with Gasteiger partial charge >= 0.3 is 0 Å². The van der Waals surface area contributed by atoms with E-state index in [2.05, 4.69) is 29.1 Å². The average Bonchev–Trinajstić information content (AvgIpc) is 2.76. The van der Waals surface area contributed by atoms with Crippen molar-refractivity contribution < 1.29 is 4.42 Å². The molecule has 1 N–H and O–H groups in total. The first-order chi connectivity index (χ1) is 8.69. The van der Waals surface area contributed by atoms with Gasteiger partial charge in [-0.15, -0.1) is 0 Å². The second-order valence-electron chi connectivity index (χ2n) is 4.05. The molecule has 1 unspecified atom stereocenters. The third kappa shape index (κ3) is 3.34. The first-order valence-electron chi connectivity index (χ1n) is 5.98. The van der Waals surface area contributed by atoms with Crippen molar-refractivity contribution in [2.24, 2.45) is 0 Å². The Morgan fingerprint density at radius 1 is 1.44 bits per heavy atom. The minimum Gasteiger partial charge on any atom is -0.439 e. The van der Waals surface area contributed by atoms with Crippen LogP contribution in [0.5, 0.6) is 0 Å². The van der Waals surface area contributed by atoms with E-state index < -0.39 is 0 Å². The quantitative estimate of drug-likeness (QED) is 0.897. The molecule has 0 aromatic carbocycles. The van der Waals surface area contributed by atoms with Crippen LogP contribution >= 0.6 is 11.8 Å². The van der Waals surface area contributed by atoms with E-state index in [1.165, 1.54) is 11.8 Å². The van der Waals surface area contributed by atoms with Gasteiger partial charge in [0, 0.05) is 17.1 Å². The monoisotopic (exact) mass is 263 g/mol. The standard InChI is InChI=1S/C13H17N3OS/c1-4-14-10(3)12-6-5-11(7-15-12)18-13-16-9(2)8-17-13/h5-8,10,14H,4H2,1-3H3. The Hall–Kier alpha value is -1.33.